The molecule has 17 heavy (non-hydrogen) atoms. The maximum Gasteiger partial charge on any atom is 0.187 e. The van der Waals surface area contributed by atoms with E-state index < -0.39 is 11.6 Å². The standard InChI is InChI=1S/C12H20O5/c1-11(2)13-6-9(16-11)7-5-8-10(14-7)17-12(3,4)15-8/h7-10H,5-6H2,1-4H3/t7-,8-,9-,10+/m0/s1. The molecule has 5 nitrogen and oxygen atoms in total. The third kappa shape index (κ3) is 2.22. The van der Waals surface area contributed by atoms with Gasteiger partial charge in [0.25, 0.3) is 0 Å². The van der Waals surface area contributed by atoms with Gasteiger partial charge in [0, 0.05) is 6.42 Å². The molecule has 0 amide bonds. The van der Waals surface area contributed by atoms with Crippen molar-refractivity contribution in [1.82, 2.24) is 0 Å². The van der Waals surface area contributed by atoms with Crippen molar-refractivity contribution in [2.45, 2.75) is 70.3 Å². The van der Waals surface area contributed by atoms with E-state index >= 15 is 0 Å². The number of rotatable bonds is 1. The first-order chi connectivity index (χ1) is 7.85. The van der Waals surface area contributed by atoms with Crippen LogP contribution in [0.2, 0.25) is 0 Å². The molecule has 0 N–H and O–H groups in total. The Kier molecular flexibility index (Phi) is 2.55. The molecule has 3 aliphatic rings. The Labute approximate surface area is 101 Å². The van der Waals surface area contributed by atoms with E-state index in [0.717, 1.165) is 6.42 Å². The lowest BCUT2D eigenvalue weighted by atomic mass is 10.1. The predicted octanol–water partition coefficient (Wildman–Crippen LogP) is 1.40. The van der Waals surface area contributed by atoms with E-state index in [0.29, 0.717) is 6.61 Å². The quantitative estimate of drug-likeness (QED) is 0.697. The van der Waals surface area contributed by atoms with Gasteiger partial charge in [-0.25, -0.2) is 0 Å². The van der Waals surface area contributed by atoms with Crippen molar-refractivity contribution >= 4 is 0 Å². The molecule has 0 aromatic rings. The highest BCUT2D eigenvalue weighted by molar-refractivity contribution is 4.90. The van der Waals surface area contributed by atoms with Crippen LogP contribution in [-0.4, -0.2) is 42.8 Å². The molecule has 0 unspecified atom stereocenters. The molecule has 4 atom stereocenters. The lowest BCUT2D eigenvalue weighted by molar-refractivity contribution is -0.220. The zero-order valence-electron chi connectivity index (χ0n) is 10.8. The van der Waals surface area contributed by atoms with Crippen molar-refractivity contribution < 1.29 is 23.7 Å². The van der Waals surface area contributed by atoms with Crippen LogP contribution in [0.25, 0.3) is 0 Å². The van der Waals surface area contributed by atoms with Gasteiger partial charge in [0.05, 0.1) is 12.7 Å². The SMILES string of the molecule is CC1(C)O[C@H]2O[C@H]([C@@H]3COC(C)(C)O3)C[C@@H]2O1. The second kappa shape index (κ2) is 3.65. The summed E-state index contributed by atoms with van der Waals surface area (Å²) in [6, 6.07) is 0. The van der Waals surface area contributed by atoms with Gasteiger partial charge in [0.1, 0.15) is 12.2 Å². The van der Waals surface area contributed by atoms with Crippen LogP contribution in [0.3, 0.4) is 0 Å². The zero-order chi connectivity index (χ0) is 12.3. The van der Waals surface area contributed by atoms with Crippen LogP contribution in [0.5, 0.6) is 0 Å². The number of hydrogen-bond donors (Lipinski definition) is 0. The van der Waals surface area contributed by atoms with Gasteiger partial charge in [-0.3, -0.25) is 0 Å². The van der Waals surface area contributed by atoms with Crippen LogP contribution in [0.15, 0.2) is 0 Å². The Morgan fingerprint density at radius 2 is 1.53 bits per heavy atom. The fraction of sp³-hybridized carbons (Fsp3) is 1.00. The van der Waals surface area contributed by atoms with Gasteiger partial charge in [0.2, 0.25) is 0 Å². The second-order valence-corrected chi connectivity index (χ2v) is 5.82. The Hall–Kier alpha value is -0.200. The highest BCUT2D eigenvalue weighted by atomic mass is 16.8. The summed E-state index contributed by atoms with van der Waals surface area (Å²) in [6.45, 7) is 8.21. The van der Waals surface area contributed by atoms with Crippen molar-refractivity contribution in [2.24, 2.45) is 0 Å². The van der Waals surface area contributed by atoms with Gasteiger partial charge >= 0.3 is 0 Å². The van der Waals surface area contributed by atoms with Crippen molar-refractivity contribution in [1.29, 1.82) is 0 Å². The molecule has 0 saturated carbocycles. The van der Waals surface area contributed by atoms with Crippen LogP contribution in [-0.2, 0) is 23.7 Å². The van der Waals surface area contributed by atoms with E-state index in [9.17, 15) is 0 Å². The summed E-state index contributed by atoms with van der Waals surface area (Å²) < 4.78 is 28.6. The average Bonchev–Trinajstić information content (AvgIpc) is 2.75. The highest BCUT2D eigenvalue weighted by Gasteiger charge is 2.52. The summed E-state index contributed by atoms with van der Waals surface area (Å²) in [6.07, 6.45) is 0.538. The van der Waals surface area contributed by atoms with Crippen molar-refractivity contribution in [3.8, 4) is 0 Å². The second-order valence-electron chi connectivity index (χ2n) is 5.82. The largest absolute Gasteiger partial charge is 0.348 e. The Bertz CT molecular complexity index is 298. The maximum absolute atomic E-state index is 5.85. The van der Waals surface area contributed by atoms with E-state index in [1.54, 1.807) is 0 Å². The fourth-order valence-electron chi connectivity index (χ4n) is 2.67. The first-order valence-electron chi connectivity index (χ1n) is 6.18. The maximum atomic E-state index is 5.85. The molecule has 0 spiro atoms. The lowest BCUT2D eigenvalue weighted by Crippen LogP contribution is -2.33. The average molecular weight is 244 g/mol. The molecule has 5 heteroatoms. The molecule has 0 radical (unpaired) electrons. The Morgan fingerprint density at radius 3 is 2.12 bits per heavy atom. The van der Waals surface area contributed by atoms with Gasteiger partial charge in [0.15, 0.2) is 17.9 Å². The van der Waals surface area contributed by atoms with Crippen molar-refractivity contribution in [3.63, 3.8) is 0 Å². The normalized spacial score (nSPS) is 47.3. The minimum atomic E-state index is -0.535. The van der Waals surface area contributed by atoms with Crippen LogP contribution < -0.4 is 0 Å². The summed E-state index contributed by atoms with van der Waals surface area (Å²) in [5.74, 6) is -1.04. The van der Waals surface area contributed by atoms with Gasteiger partial charge in [-0.2, -0.15) is 0 Å². The van der Waals surface area contributed by atoms with E-state index in [2.05, 4.69) is 0 Å². The summed E-state index contributed by atoms with van der Waals surface area (Å²) in [5.41, 5.74) is 0. The van der Waals surface area contributed by atoms with Gasteiger partial charge in [-0.1, -0.05) is 0 Å². The minimum Gasteiger partial charge on any atom is -0.348 e. The first-order valence-corrected chi connectivity index (χ1v) is 6.18. The number of ether oxygens (including phenoxy) is 5. The summed E-state index contributed by atoms with van der Waals surface area (Å²) >= 11 is 0. The summed E-state index contributed by atoms with van der Waals surface area (Å²) in [7, 11) is 0. The third-order valence-corrected chi connectivity index (χ3v) is 3.36. The predicted molar refractivity (Wildman–Crippen MR) is 58.2 cm³/mol. The Balaban J connectivity index is 1.60. The van der Waals surface area contributed by atoms with E-state index in [-0.39, 0.29) is 24.6 Å². The molecule has 0 bridgehead atoms. The van der Waals surface area contributed by atoms with Crippen LogP contribution in [0, 0.1) is 0 Å². The Morgan fingerprint density at radius 1 is 0.824 bits per heavy atom. The molecular weight excluding hydrogens is 224 g/mol. The monoisotopic (exact) mass is 244 g/mol. The smallest absolute Gasteiger partial charge is 0.187 e. The molecule has 3 heterocycles. The minimum absolute atomic E-state index is 0.00266. The lowest BCUT2D eigenvalue weighted by Gasteiger charge is -2.23. The van der Waals surface area contributed by atoms with E-state index in [1.165, 1.54) is 0 Å². The van der Waals surface area contributed by atoms with Crippen LogP contribution in [0.1, 0.15) is 34.1 Å². The third-order valence-electron chi connectivity index (χ3n) is 3.36. The first kappa shape index (κ1) is 11.9. The summed E-state index contributed by atoms with van der Waals surface area (Å²) in [4.78, 5) is 0. The molecular formula is C12H20O5. The molecule has 3 rings (SSSR count). The summed E-state index contributed by atoms with van der Waals surface area (Å²) in [5, 5.41) is 0. The fourth-order valence-corrected chi connectivity index (χ4v) is 2.67. The highest BCUT2D eigenvalue weighted by Crippen LogP contribution is 2.40. The molecule has 3 saturated heterocycles. The van der Waals surface area contributed by atoms with Crippen molar-refractivity contribution in [2.75, 3.05) is 6.61 Å². The number of fused-ring (bicyclic) bond motifs is 1. The van der Waals surface area contributed by atoms with Gasteiger partial charge in [-0.05, 0) is 27.7 Å². The van der Waals surface area contributed by atoms with Crippen molar-refractivity contribution in [3.05, 3.63) is 0 Å². The van der Waals surface area contributed by atoms with Gasteiger partial charge in [-0.15, -0.1) is 0 Å². The molecule has 0 aliphatic carbocycles. The topological polar surface area (TPSA) is 46.2 Å². The number of hydrogen-bond acceptors (Lipinski definition) is 5. The van der Waals surface area contributed by atoms with Crippen LogP contribution >= 0.6 is 0 Å². The van der Waals surface area contributed by atoms with Gasteiger partial charge < -0.3 is 23.7 Å². The zero-order valence-corrected chi connectivity index (χ0v) is 10.8. The molecule has 98 valence electrons. The van der Waals surface area contributed by atoms with Crippen LogP contribution in [0.4, 0.5) is 0 Å². The van der Waals surface area contributed by atoms with E-state index in [4.69, 9.17) is 23.7 Å². The molecule has 0 aromatic carbocycles. The van der Waals surface area contributed by atoms with E-state index in [1.807, 2.05) is 27.7 Å². The molecule has 0 aromatic heterocycles. The molecule has 3 aliphatic heterocycles. The molecule has 3 fully saturated rings.